The summed E-state index contributed by atoms with van der Waals surface area (Å²) in [5.41, 5.74) is 1.32. The normalized spacial score (nSPS) is 10.2. The molecule has 1 aromatic rings. The van der Waals surface area contributed by atoms with Crippen LogP contribution < -0.4 is 5.32 Å². The van der Waals surface area contributed by atoms with Gasteiger partial charge in [-0.3, -0.25) is 0 Å². The fraction of sp³-hybridized carbons (Fsp3) is 0.600. The molecule has 0 fully saturated rings. The van der Waals surface area contributed by atoms with Crippen molar-refractivity contribution in [2.45, 2.75) is 34.6 Å². The van der Waals surface area contributed by atoms with Crippen molar-refractivity contribution in [3.05, 3.63) is 35.9 Å². The van der Waals surface area contributed by atoms with Crippen LogP contribution in [0.2, 0.25) is 0 Å². The molecule has 1 nitrogen and oxygen atoms in total. The van der Waals surface area contributed by atoms with Crippen LogP contribution in [0.15, 0.2) is 30.3 Å². The van der Waals surface area contributed by atoms with Gasteiger partial charge in [0.15, 0.2) is 0 Å². The number of rotatable bonds is 4. The smallest absolute Gasteiger partial charge is 0 e. The monoisotopic (exact) mass is 223 g/mol. The first kappa shape index (κ1) is 15.2. The molecular weight excluding hydrogens is 194 g/mol. The Labute approximate surface area is 103 Å². The van der Waals surface area contributed by atoms with Gasteiger partial charge in [-0.1, -0.05) is 63.6 Å². The predicted octanol–water partition coefficient (Wildman–Crippen LogP) is 4.13. The second-order valence-electron chi connectivity index (χ2n) is 5.10. The van der Waals surface area contributed by atoms with Gasteiger partial charge in [-0.05, 0) is 31.8 Å². The van der Waals surface area contributed by atoms with E-state index in [1.807, 2.05) is 18.2 Å². The van der Waals surface area contributed by atoms with Crippen molar-refractivity contribution in [3.63, 3.8) is 0 Å². The van der Waals surface area contributed by atoms with Crippen LogP contribution in [0.25, 0.3) is 0 Å². The molecule has 16 heavy (non-hydrogen) atoms. The molecular formula is C15H29N. The van der Waals surface area contributed by atoms with Gasteiger partial charge in [-0.15, -0.1) is 0 Å². The van der Waals surface area contributed by atoms with Gasteiger partial charge in [0, 0.05) is 1.43 Å². The van der Waals surface area contributed by atoms with E-state index in [1.54, 1.807) is 0 Å². The Balaban J connectivity index is 0. The number of nitrogens with one attached hydrogen (secondary N) is 1. The average Bonchev–Trinajstić information content (AvgIpc) is 2.18. The van der Waals surface area contributed by atoms with Gasteiger partial charge < -0.3 is 5.32 Å². The Morgan fingerprint density at radius 3 is 1.62 bits per heavy atom. The second-order valence-corrected chi connectivity index (χ2v) is 5.10. The summed E-state index contributed by atoms with van der Waals surface area (Å²) in [7, 11) is 0. The van der Waals surface area contributed by atoms with Gasteiger partial charge in [-0.25, -0.2) is 0 Å². The maximum absolute atomic E-state index is 3.38. The van der Waals surface area contributed by atoms with Crippen LogP contribution in [0.3, 0.4) is 0 Å². The molecule has 1 heteroatoms. The third kappa shape index (κ3) is 11.3. The van der Waals surface area contributed by atoms with Crippen LogP contribution in [-0.2, 0) is 0 Å². The lowest BCUT2D eigenvalue weighted by molar-refractivity contribution is 0.497. The molecule has 0 aliphatic rings. The van der Waals surface area contributed by atoms with Crippen molar-refractivity contribution >= 4 is 0 Å². The van der Waals surface area contributed by atoms with E-state index in [2.05, 4.69) is 52.1 Å². The summed E-state index contributed by atoms with van der Waals surface area (Å²) in [5, 5.41) is 3.38. The van der Waals surface area contributed by atoms with Crippen LogP contribution in [0.4, 0.5) is 0 Å². The molecule has 0 unspecified atom stereocenters. The largest absolute Gasteiger partial charge is 0.316 e. The van der Waals surface area contributed by atoms with Crippen molar-refractivity contribution in [1.82, 2.24) is 5.32 Å². The van der Waals surface area contributed by atoms with Crippen LogP contribution in [0, 0.1) is 18.8 Å². The third-order valence-electron chi connectivity index (χ3n) is 2.05. The van der Waals surface area contributed by atoms with Crippen molar-refractivity contribution in [2.24, 2.45) is 11.8 Å². The third-order valence-corrected chi connectivity index (χ3v) is 2.05. The zero-order valence-electron chi connectivity index (χ0n) is 11.5. The van der Waals surface area contributed by atoms with Crippen LogP contribution in [-0.4, -0.2) is 13.1 Å². The zero-order valence-corrected chi connectivity index (χ0v) is 11.5. The van der Waals surface area contributed by atoms with Crippen LogP contribution in [0.5, 0.6) is 0 Å². The molecule has 0 spiro atoms. The molecule has 0 saturated carbocycles. The molecule has 0 bridgehead atoms. The zero-order chi connectivity index (χ0) is 12.4. The Morgan fingerprint density at radius 2 is 1.38 bits per heavy atom. The lowest BCUT2D eigenvalue weighted by Crippen LogP contribution is -2.23. The second kappa shape index (κ2) is 9.41. The molecule has 94 valence electrons. The van der Waals surface area contributed by atoms with E-state index in [0.717, 1.165) is 24.9 Å². The summed E-state index contributed by atoms with van der Waals surface area (Å²) in [6.45, 7) is 13.3. The standard InChI is InChI=1S/C8H19N.C7H8.H2/c1-7(2)5-9-6-8(3)4;1-7-5-3-2-4-6-7;/h7-9H,5-6H2,1-4H3;2-6H,1H3;1H. The molecule has 0 atom stereocenters. The van der Waals surface area contributed by atoms with Crippen molar-refractivity contribution < 1.29 is 1.43 Å². The fourth-order valence-corrected chi connectivity index (χ4v) is 1.20. The highest BCUT2D eigenvalue weighted by molar-refractivity contribution is 5.11. The molecule has 0 radical (unpaired) electrons. The molecule has 0 aromatic heterocycles. The fourth-order valence-electron chi connectivity index (χ4n) is 1.20. The van der Waals surface area contributed by atoms with Crippen LogP contribution >= 0.6 is 0 Å². The highest BCUT2D eigenvalue weighted by Crippen LogP contribution is 1.92. The highest BCUT2D eigenvalue weighted by Gasteiger charge is 1.94. The SMILES string of the molecule is CC(C)CNCC(C)C.Cc1ccccc1.[HH]. The maximum Gasteiger partial charge on any atom is 0 e. The first-order valence-corrected chi connectivity index (χ1v) is 6.24. The average molecular weight is 223 g/mol. The summed E-state index contributed by atoms with van der Waals surface area (Å²) in [6, 6.07) is 10.3. The van der Waals surface area contributed by atoms with Crippen molar-refractivity contribution in [2.75, 3.05) is 13.1 Å². The molecule has 0 amide bonds. The lowest BCUT2D eigenvalue weighted by Gasteiger charge is -2.08. The minimum Gasteiger partial charge on any atom is -0.316 e. The summed E-state index contributed by atoms with van der Waals surface area (Å²) < 4.78 is 0. The summed E-state index contributed by atoms with van der Waals surface area (Å²) in [4.78, 5) is 0. The van der Waals surface area contributed by atoms with E-state index < -0.39 is 0 Å². The van der Waals surface area contributed by atoms with E-state index >= 15 is 0 Å². The van der Waals surface area contributed by atoms with E-state index in [4.69, 9.17) is 0 Å². The van der Waals surface area contributed by atoms with E-state index in [-0.39, 0.29) is 1.43 Å². The van der Waals surface area contributed by atoms with Gasteiger partial charge in [0.05, 0.1) is 0 Å². The Morgan fingerprint density at radius 1 is 0.938 bits per heavy atom. The molecule has 0 aliphatic heterocycles. The van der Waals surface area contributed by atoms with Crippen molar-refractivity contribution in [1.29, 1.82) is 0 Å². The lowest BCUT2D eigenvalue weighted by atomic mass is 10.2. The summed E-state index contributed by atoms with van der Waals surface area (Å²) in [5.74, 6) is 1.56. The predicted molar refractivity (Wildman–Crippen MR) is 75.8 cm³/mol. The number of aryl methyl sites for hydroxylation is 1. The minimum atomic E-state index is 0. The summed E-state index contributed by atoms with van der Waals surface area (Å²) in [6.07, 6.45) is 0. The summed E-state index contributed by atoms with van der Waals surface area (Å²) >= 11 is 0. The van der Waals surface area contributed by atoms with Crippen LogP contribution in [0.1, 0.15) is 34.7 Å². The van der Waals surface area contributed by atoms with Gasteiger partial charge in [-0.2, -0.15) is 0 Å². The molecule has 0 heterocycles. The Hall–Kier alpha value is -0.820. The molecule has 0 saturated heterocycles. The van der Waals surface area contributed by atoms with Gasteiger partial charge in [0.2, 0.25) is 0 Å². The topological polar surface area (TPSA) is 12.0 Å². The molecule has 1 rings (SSSR count). The van der Waals surface area contributed by atoms with Gasteiger partial charge in [0.1, 0.15) is 0 Å². The van der Waals surface area contributed by atoms with E-state index in [1.165, 1.54) is 5.56 Å². The number of hydrogen-bond donors (Lipinski definition) is 1. The van der Waals surface area contributed by atoms with Crippen molar-refractivity contribution in [3.8, 4) is 0 Å². The first-order valence-electron chi connectivity index (χ1n) is 6.24. The van der Waals surface area contributed by atoms with Gasteiger partial charge >= 0.3 is 0 Å². The molecule has 1 aromatic carbocycles. The minimum absolute atomic E-state index is 0. The molecule has 0 aliphatic carbocycles. The number of hydrogen-bond acceptors (Lipinski definition) is 1. The first-order chi connectivity index (χ1) is 7.52. The Kier molecular flexibility index (Phi) is 8.93. The Bertz CT molecular complexity index is 236. The maximum atomic E-state index is 3.38. The number of benzene rings is 1. The highest BCUT2D eigenvalue weighted by atomic mass is 14.9. The van der Waals surface area contributed by atoms with E-state index in [0.29, 0.717) is 0 Å². The quantitative estimate of drug-likeness (QED) is 0.809. The van der Waals surface area contributed by atoms with E-state index in [9.17, 15) is 0 Å². The van der Waals surface area contributed by atoms with Gasteiger partial charge in [0.25, 0.3) is 0 Å². The molecule has 1 N–H and O–H groups in total.